The van der Waals surface area contributed by atoms with E-state index >= 15 is 0 Å². The maximum atomic E-state index is 12.2. The lowest BCUT2D eigenvalue weighted by Crippen LogP contribution is -2.18. The Morgan fingerprint density at radius 1 is 0.929 bits per heavy atom. The maximum absolute atomic E-state index is 12.2. The fraction of sp³-hybridized carbons (Fsp3) is 0. The first-order chi connectivity index (χ1) is 13.8. The van der Waals surface area contributed by atoms with Crippen LogP contribution in [0.4, 0.5) is 0 Å². The molecular formula is C22H17N5O. The van der Waals surface area contributed by atoms with Crippen molar-refractivity contribution in [1.29, 1.82) is 0 Å². The first-order valence-electron chi connectivity index (χ1n) is 8.74. The number of hydrogen-bond donors (Lipinski definition) is 2. The van der Waals surface area contributed by atoms with Gasteiger partial charge in [-0.3, -0.25) is 14.9 Å². The highest BCUT2D eigenvalue weighted by molar-refractivity contribution is 5.94. The molecule has 136 valence electrons. The quantitative estimate of drug-likeness (QED) is 0.414. The molecule has 2 aromatic heterocycles. The van der Waals surface area contributed by atoms with Gasteiger partial charge in [0.25, 0.3) is 5.91 Å². The van der Waals surface area contributed by atoms with Gasteiger partial charge in [0.05, 0.1) is 11.9 Å². The van der Waals surface area contributed by atoms with E-state index < -0.39 is 0 Å². The third kappa shape index (κ3) is 4.02. The molecule has 6 nitrogen and oxygen atoms in total. The molecule has 0 atom stereocenters. The number of pyridine rings is 1. The van der Waals surface area contributed by atoms with Crippen molar-refractivity contribution in [1.82, 2.24) is 20.6 Å². The molecular weight excluding hydrogens is 350 g/mol. The zero-order valence-corrected chi connectivity index (χ0v) is 14.9. The second-order valence-corrected chi connectivity index (χ2v) is 6.10. The highest BCUT2D eigenvalue weighted by atomic mass is 16.2. The van der Waals surface area contributed by atoms with Gasteiger partial charge < -0.3 is 0 Å². The van der Waals surface area contributed by atoms with Crippen molar-refractivity contribution >= 4 is 12.1 Å². The summed E-state index contributed by atoms with van der Waals surface area (Å²) < 4.78 is 0. The number of H-pyrrole nitrogens is 1. The Hall–Kier alpha value is -4.06. The van der Waals surface area contributed by atoms with Gasteiger partial charge in [0.2, 0.25) is 0 Å². The number of hydrazone groups is 1. The van der Waals surface area contributed by atoms with Crippen LogP contribution in [0, 0.1) is 0 Å². The van der Waals surface area contributed by atoms with Crippen molar-refractivity contribution in [3.8, 4) is 22.4 Å². The summed E-state index contributed by atoms with van der Waals surface area (Å²) in [6.07, 6.45) is 4.86. The number of aromatic amines is 1. The first-order valence-corrected chi connectivity index (χ1v) is 8.74. The lowest BCUT2D eigenvalue weighted by molar-refractivity contribution is 0.0950. The number of carbonyl (C=O) groups is 1. The summed E-state index contributed by atoms with van der Waals surface area (Å²) in [6, 6.07) is 23.5. The van der Waals surface area contributed by atoms with Gasteiger partial charge in [-0.2, -0.15) is 10.2 Å². The zero-order valence-electron chi connectivity index (χ0n) is 14.9. The Bertz CT molecular complexity index is 1090. The number of amides is 1. The minimum atomic E-state index is -0.361. The van der Waals surface area contributed by atoms with Crippen LogP contribution in [0.2, 0.25) is 0 Å². The first kappa shape index (κ1) is 17.4. The fourth-order valence-electron chi connectivity index (χ4n) is 2.73. The van der Waals surface area contributed by atoms with Crippen molar-refractivity contribution in [3.63, 3.8) is 0 Å². The van der Waals surface area contributed by atoms with E-state index in [1.165, 1.54) is 6.21 Å². The number of aromatic nitrogens is 3. The standard InChI is InChI=1S/C22H17N5O/c28-22(27-24-15-16-5-4-12-23-14-16)21-13-20(25-26-21)19-10-8-18(9-11-19)17-6-2-1-3-7-17/h1-15H,(H,25,26)(H,27,28). The monoisotopic (exact) mass is 367 g/mol. The summed E-state index contributed by atoms with van der Waals surface area (Å²) in [6.45, 7) is 0. The smallest absolute Gasteiger partial charge is 0.272 e. The summed E-state index contributed by atoms with van der Waals surface area (Å²) in [5.41, 5.74) is 7.51. The molecule has 4 rings (SSSR count). The van der Waals surface area contributed by atoms with Crippen LogP contribution in [0.15, 0.2) is 90.3 Å². The summed E-state index contributed by atoms with van der Waals surface area (Å²) in [7, 11) is 0. The van der Waals surface area contributed by atoms with Crippen LogP contribution in [-0.4, -0.2) is 27.3 Å². The second-order valence-electron chi connectivity index (χ2n) is 6.10. The normalized spacial score (nSPS) is 10.9. The van der Waals surface area contributed by atoms with Crippen molar-refractivity contribution < 1.29 is 4.79 Å². The molecule has 28 heavy (non-hydrogen) atoms. The fourth-order valence-corrected chi connectivity index (χ4v) is 2.73. The molecule has 0 saturated heterocycles. The molecule has 0 aliphatic rings. The minimum Gasteiger partial charge on any atom is -0.272 e. The predicted octanol–water partition coefficient (Wildman–Crippen LogP) is 3.90. The molecule has 0 saturated carbocycles. The molecule has 0 fully saturated rings. The maximum Gasteiger partial charge on any atom is 0.289 e. The largest absolute Gasteiger partial charge is 0.289 e. The van der Waals surface area contributed by atoms with Crippen molar-refractivity contribution in [2.45, 2.75) is 0 Å². The third-order valence-corrected chi connectivity index (χ3v) is 4.17. The Morgan fingerprint density at radius 2 is 1.68 bits per heavy atom. The minimum absolute atomic E-state index is 0.338. The van der Waals surface area contributed by atoms with Gasteiger partial charge in [-0.15, -0.1) is 0 Å². The van der Waals surface area contributed by atoms with Gasteiger partial charge in [0.15, 0.2) is 0 Å². The lowest BCUT2D eigenvalue weighted by Gasteiger charge is -2.02. The van der Waals surface area contributed by atoms with Gasteiger partial charge in [-0.25, -0.2) is 5.43 Å². The van der Waals surface area contributed by atoms with E-state index in [-0.39, 0.29) is 5.91 Å². The number of carbonyl (C=O) groups excluding carboxylic acids is 1. The SMILES string of the molecule is O=C(NN=Cc1cccnc1)c1cc(-c2ccc(-c3ccccc3)cc2)n[nH]1. The predicted molar refractivity (Wildman–Crippen MR) is 109 cm³/mol. The lowest BCUT2D eigenvalue weighted by atomic mass is 10.0. The highest BCUT2D eigenvalue weighted by Crippen LogP contribution is 2.24. The molecule has 0 radical (unpaired) electrons. The van der Waals surface area contributed by atoms with Crippen LogP contribution < -0.4 is 5.43 Å². The molecule has 0 aliphatic heterocycles. The molecule has 1 amide bonds. The van der Waals surface area contributed by atoms with Crippen LogP contribution in [0.25, 0.3) is 22.4 Å². The number of hydrogen-bond acceptors (Lipinski definition) is 4. The van der Waals surface area contributed by atoms with E-state index in [4.69, 9.17) is 0 Å². The van der Waals surface area contributed by atoms with Crippen LogP contribution in [-0.2, 0) is 0 Å². The van der Waals surface area contributed by atoms with E-state index in [1.54, 1.807) is 24.5 Å². The van der Waals surface area contributed by atoms with Crippen molar-refractivity contribution in [2.75, 3.05) is 0 Å². The van der Waals surface area contributed by atoms with Crippen molar-refractivity contribution in [3.05, 3.63) is 96.4 Å². The van der Waals surface area contributed by atoms with Crippen LogP contribution in [0.5, 0.6) is 0 Å². The van der Waals surface area contributed by atoms with Crippen LogP contribution >= 0.6 is 0 Å². The van der Waals surface area contributed by atoms with Crippen LogP contribution in [0.3, 0.4) is 0 Å². The van der Waals surface area contributed by atoms with Gasteiger partial charge in [-0.1, -0.05) is 60.7 Å². The average Bonchev–Trinajstić information content (AvgIpc) is 3.26. The molecule has 4 aromatic rings. The Balaban J connectivity index is 1.44. The van der Waals surface area contributed by atoms with E-state index in [0.717, 1.165) is 22.3 Å². The number of nitrogens with zero attached hydrogens (tertiary/aromatic N) is 3. The highest BCUT2D eigenvalue weighted by Gasteiger charge is 2.10. The van der Waals surface area contributed by atoms with Gasteiger partial charge in [0.1, 0.15) is 5.69 Å². The molecule has 2 aromatic carbocycles. The topological polar surface area (TPSA) is 83.0 Å². The molecule has 2 heterocycles. The molecule has 6 heteroatoms. The van der Waals surface area contributed by atoms with Gasteiger partial charge in [-0.05, 0) is 23.3 Å². The molecule has 0 aliphatic carbocycles. The number of benzene rings is 2. The van der Waals surface area contributed by atoms with Gasteiger partial charge in [0, 0.05) is 23.5 Å². The van der Waals surface area contributed by atoms with Crippen molar-refractivity contribution in [2.24, 2.45) is 5.10 Å². The summed E-state index contributed by atoms with van der Waals surface area (Å²) in [4.78, 5) is 16.2. The Morgan fingerprint density at radius 3 is 2.43 bits per heavy atom. The molecule has 2 N–H and O–H groups in total. The summed E-state index contributed by atoms with van der Waals surface area (Å²) in [5, 5.41) is 10.9. The number of rotatable bonds is 5. The zero-order chi connectivity index (χ0) is 19.2. The van der Waals surface area contributed by atoms with E-state index in [1.807, 2.05) is 48.5 Å². The average molecular weight is 367 g/mol. The van der Waals surface area contributed by atoms with E-state index in [0.29, 0.717) is 11.4 Å². The molecule has 0 unspecified atom stereocenters. The Labute approximate surface area is 162 Å². The molecule has 0 bridgehead atoms. The number of nitrogens with one attached hydrogen (secondary N) is 2. The summed E-state index contributed by atoms with van der Waals surface area (Å²) in [5.74, 6) is -0.361. The van der Waals surface area contributed by atoms with Crippen LogP contribution in [0.1, 0.15) is 16.1 Å². The second kappa shape index (κ2) is 8.09. The summed E-state index contributed by atoms with van der Waals surface area (Å²) >= 11 is 0. The van der Waals surface area contributed by atoms with E-state index in [2.05, 4.69) is 37.8 Å². The third-order valence-electron chi connectivity index (χ3n) is 4.17. The Kier molecular flexibility index (Phi) is 5.02. The molecule has 0 spiro atoms. The van der Waals surface area contributed by atoms with E-state index in [9.17, 15) is 4.79 Å². The van der Waals surface area contributed by atoms with Gasteiger partial charge >= 0.3 is 0 Å².